The molecule has 2 aromatic carbocycles. The fourth-order valence-electron chi connectivity index (χ4n) is 1.92. The number of hydrogen-bond donors (Lipinski definition) is 1. The number of amides is 1. The van der Waals surface area contributed by atoms with Crippen LogP contribution in [-0.2, 0) is 0 Å². The molecule has 0 aliphatic rings. The maximum atomic E-state index is 12.2. The van der Waals surface area contributed by atoms with Crippen LogP contribution < -0.4 is 5.32 Å². The summed E-state index contributed by atoms with van der Waals surface area (Å²) < 4.78 is 2.55. The van der Waals surface area contributed by atoms with E-state index in [1.807, 2.05) is 55.5 Å². The second kappa shape index (κ2) is 6.11. The van der Waals surface area contributed by atoms with E-state index < -0.39 is 0 Å². The van der Waals surface area contributed by atoms with Crippen LogP contribution in [0.4, 0.5) is 5.69 Å². The van der Waals surface area contributed by atoms with Gasteiger partial charge in [-0.3, -0.25) is 4.79 Å². The summed E-state index contributed by atoms with van der Waals surface area (Å²) in [7, 11) is 0. The fourth-order valence-corrected chi connectivity index (χ4v) is 2.18. The van der Waals surface area contributed by atoms with E-state index in [1.54, 1.807) is 10.9 Å². The van der Waals surface area contributed by atoms with E-state index in [0.717, 1.165) is 21.4 Å². The molecule has 0 radical (unpaired) electrons. The largest absolute Gasteiger partial charge is 0.321 e. The summed E-state index contributed by atoms with van der Waals surface area (Å²) in [5.41, 5.74) is 2.97. The number of carbonyl (C=O) groups is 1. The lowest BCUT2D eigenvalue weighted by Gasteiger charge is -2.02. The molecular formula is C16H13BrN4O. The topological polar surface area (TPSA) is 59.8 Å². The van der Waals surface area contributed by atoms with Gasteiger partial charge in [0.1, 0.15) is 0 Å². The number of benzene rings is 2. The third-order valence-corrected chi connectivity index (χ3v) is 3.66. The van der Waals surface area contributed by atoms with Gasteiger partial charge in [0.15, 0.2) is 5.69 Å². The van der Waals surface area contributed by atoms with E-state index in [9.17, 15) is 4.79 Å². The lowest BCUT2D eigenvalue weighted by Crippen LogP contribution is -2.12. The minimum absolute atomic E-state index is 0.267. The molecule has 0 fully saturated rings. The van der Waals surface area contributed by atoms with Crippen molar-refractivity contribution < 1.29 is 4.79 Å². The van der Waals surface area contributed by atoms with Gasteiger partial charge in [-0.25, -0.2) is 4.68 Å². The Morgan fingerprint density at radius 3 is 2.45 bits per heavy atom. The predicted molar refractivity (Wildman–Crippen MR) is 88.2 cm³/mol. The van der Waals surface area contributed by atoms with E-state index in [4.69, 9.17) is 0 Å². The maximum absolute atomic E-state index is 12.2. The molecule has 0 spiro atoms. The fraction of sp³-hybridized carbons (Fsp3) is 0.0625. The monoisotopic (exact) mass is 356 g/mol. The van der Waals surface area contributed by atoms with Crippen molar-refractivity contribution in [3.63, 3.8) is 0 Å². The van der Waals surface area contributed by atoms with Crippen LogP contribution >= 0.6 is 15.9 Å². The van der Waals surface area contributed by atoms with Crippen molar-refractivity contribution in [2.24, 2.45) is 0 Å². The van der Waals surface area contributed by atoms with E-state index in [-0.39, 0.29) is 11.6 Å². The SMILES string of the molecule is Cc1ccc(NC(=O)c2cn(-c3ccc(Br)cc3)nn2)cc1. The molecule has 0 aliphatic heterocycles. The highest BCUT2D eigenvalue weighted by Crippen LogP contribution is 2.14. The summed E-state index contributed by atoms with van der Waals surface area (Å²) in [5, 5.41) is 10.7. The van der Waals surface area contributed by atoms with E-state index in [1.165, 1.54) is 0 Å². The van der Waals surface area contributed by atoms with Crippen LogP contribution in [0.25, 0.3) is 5.69 Å². The highest BCUT2D eigenvalue weighted by atomic mass is 79.9. The van der Waals surface area contributed by atoms with Gasteiger partial charge in [-0.15, -0.1) is 5.10 Å². The molecular weight excluding hydrogens is 344 g/mol. The van der Waals surface area contributed by atoms with Crippen molar-refractivity contribution in [3.05, 3.63) is 70.5 Å². The van der Waals surface area contributed by atoms with Crippen LogP contribution in [0, 0.1) is 6.92 Å². The Morgan fingerprint density at radius 2 is 1.77 bits per heavy atom. The van der Waals surface area contributed by atoms with Crippen molar-refractivity contribution in [2.45, 2.75) is 6.92 Å². The number of carbonyl (C=O) groups excluding carboxylic acids is 1. The lowest BCUT2D eigenvalue weighted by molar-refractivity contribution is 0.102. The molecule has 0 bridgehead atoms. The molecule has 0 atom stereocenters. The first kappa shape index (κ1) is 14.5. The molecule has 0 aliphatic carbocycles. The molecule has 1 aromatic heterocycles. The van der Waals surface area contributed by atoms with Gasteiger partial charge in [0, 0.05) is 10.2 Å². The number of aryl methyl sites for hydroxylation is 1. The van der Waals surface area contributed by atoms with Gasteiger partial charge in [-0.05, 0) is 43.3 Å². The molecule has 6 heteroatoms. The van der Waals surface area contributed by atoms with E-state index >= 15 is 0 Å². The van der Waals surface area contributed by atoms with Crippen molar-refractivity contribution in [1.29, 1.82) is 0 Å². The Hall–Kier alpha value is -2.47. The number of halogens is 1. The Morgan fingerprint density at radius 1 is 1.09 bits per heavy atom. The standard InChI is InChI=1S/C16H13BrN4O/c1-11-2-6-13(7-3-11)18-16(22)15-10-21(20-19-15)14-8-4-12(17)5-9-14/h2-10H,1H3,(H,18,22). The zero-order valence-electron chi connectivity index (χ0n) is 11.8. The van der Waals surface area contributed by atoms with Crippen LogP contribution in [0.3, 0.4) is 0 Å². The molecule has 1 amide bonds. The van der Waals surface area contributed by atoms with Crippen LogP contribution in [0.1, 0.15) is 16.1 Å². The van der Waals surface area contributed by atoms with Crippen LogP contribution in [0.15, 0.2) is 59.2 Å². The minimum Gasteiger partial charge on any atom is -0.321 e. The molecule has 110 valence electrons. The summed E-state index contributed by atoms with van der Waals surface area (Å²) in [4.78, 5) is 12.2. The second-order valence-corrected chi connectivity index (χ2v) is 5.76. The van der Waals surface area contributed by atoms with Gasteiger partial charge in [0.05, 0.1) is 11.9 Å². The molecule has 1 heterocycles. The normalized spacial score (nSPS) is 10.5. The van der Waals surface area contributed by atoms with E-state index in [2.05, 4.69) is 31.6 Å². The van der Waals surface area contributed by atoms with Crippen molar-refractivity contribution in [3.8, 4) is 5.69 Å². The third-order valence-electron chi connectivity index (χ3n) is 3.13. The highest BCUT2D eigenvalue weighted by Gasteiger charge is 2.11. The first-order chi connectivity index (χ1) is 10.6. The average Bonchev–Trinajstić information content (AvgIpc) is 3.00. The third kappa shape index (κ3) is 3.23. The van der Waals surface area contributed by atoms with Gasteiger partial charge < -0.3 is 5.32 Å². The number of nitrogens with zero attached hydrogens (tertiary/aromatic N) is 3. The summed E-state index contributed by atoms with van der Waals surface area (Å²) in [5.74, 6) is -0.285. The number of aromatic nitrogens is 3. The van der Waals surface area contributed by atoms with Crippen LogP contribution in [-0.4, -0.2) is 20.9 Å². The Balaban J connectivity index is 1.76. The minimum atomic E-state index is -0.285. The van der Waals surface area contributed by atoms with Gasteiger partial charge in [-0.2, -0.15) is 0 Å². The second-order valence-electron chi connectivity index (χ2n) is 4.84. The number of rotatable bonds is 3. The van der Waals surface area contributed by atoms with Gasteiger partial charge in [0.25, 0.3) is 5.91 Å². The van der Waals surface area contributed by atoms with Crippen molar-refractivity contribution in [1.82, 2.24) is 15.0 Å². The first-order valence-corrected chi connectivity index (χ1v) is 7.47. The quantitative estimate of drug-likeness (QED) is 0.779. The Bertz CT molecular complexity index is 794. The average molecular weight is 357 g/mol. The summed E-state index contributed by atoms with van der Waals surface area (Å²) >= 11 is 3.38. The van der Waals surface area contributed by atoms with E-state index in [0.29, 0.717) is 0 Å². The molecule has 3 aromatic rings. The molecule has 3 rings (SSSR count). The summed E-state index contributed by atoms with van der Waals surface area (Å²) in [6, 6.07) is 15.2. The van der Waals surface area contributed by atoms with Crippen LogP contribution in [0.2, 0.25) is 0 Å². The number of anilines is 1. The molecule has 0 saturated carbocycles. The van der Waals surface area contributed by atoms with Crippen molar-refractivity contribution >= 4 is 27.5 Å². The number of nitrogens with one attached hydrogen (secondary N) is 1. The predicted octanol–water partition coefficient (Wildman–Crippen LogP) is 3.59. The first-order valence-electron chi connectivity index (χ1n) is 6.68. The van der Waals surface area contributed by atoms with Gasteiger partial charge in [-0.1, -0.05) is 38.8 Å². The smallest absolute Gasteiger partial charge is 0.277 e. The Labute approximate surface area is 136 Å². The zero-order chi connectivity index (χ0) is 15.5. The molecule has 1 N–H and O–H groups in total. The zero-order valence-corrected chi connectivity index (χ0v) is 13.4. The van der Waals surface area contributed by atoms with Crippen molar-refractivity contribution in [2.75, 3.05) is 5.32 Å². The summed E-state index contributed by atoms with van der Waals surface area (Å²) in [6.45, 7) is 2.00. The van der Waals surface area contributed by atoms with Gasteiger partial charge >= 0.3 is 0 Å². The maximum Gasteiger partial charge on any atom is 0.277 e. The van der Waals surface area contributed by atoms with Crippen LogP contribution in [0.5, 0.6) is 0 Å². The Kier molecular flexibility index (Phi) is 4.02. The lowest BCUT2D eigenvalue weighted by atomic mass is 10.2. The highest BCUT2D eigenvalue weighted by molar-refractivity contribution is 9.10. The molecule has 5 nitrogen and oxygen atoms in total. The number of hydrogen-bond acceptors (Lipinski definition) is 3. The summed E-state index contributed by atoms with van der Waals surface area (Å²) in [6.07, 6.45) is 1.60. The molecule has 0 saturated heterocycles. The van der Waals surface area contributed by atoms with Gasteiger partial charge in [0.2, 0.25) is 0 Å². The molecule has 0 unspecified atom stereocenters. The molecule has 22 heavy (non-hydrogen) atoms.